The fourth-order valence-electron chi connectivity index (χ4n) is 2.84. The van der Waals surface area contributed by atoms with E-state index >= 15 is 0 Å². The number of carbonyl (C=O) groups is 2. The van der Waals surface area contributed by atoms with Crippen LogP contribution < -0.4 is 5.32 Å². The lowest BCUT2D eigenvalue weighted by atomic mass is 9.90. The van der Waals surface area contributed by atoms with Gasteiger partial charge in [0.1, 0.15) is 4.88 Å². The number of nitrogens with one attached hydrogen (secondary N) is 1. The molecule has 0 saturated carbocycles. The molecule has 2 aromatic rings. The number of anilines is 1. The first kappa shape index (κ1) is 16.7. The van der Waals surface area contributed by atoms with Gasteiger partial charge in [-0.2, -0.15) is 0 Å². The molecule has 1 aliphatic rings. The Hall–Kier alpha value is -2.14. The molecule has 1 aliphatic carbocycles. The highest BCUT2D eigenvalue weighted by atomic mass is 32.1. The van der Waals surface area contributed by atoms with Crippen molar-refractivity contribution in [1.29, 1.82) is 0 Å². The first-order chi connectivity index (χ1) is 11.5. The zero-order chi connectivity index (χ0) is 17.1. The molecule has 0 aliphatic heterocycles. The summed E-state index contributed by atoms with van der Waals surface area (Å²) in [4.78, 5) is 26.3. The third-order valence-corrected chi connectivity index (χ3v) is 5.44. The third-order valence-electron chi connectivity index (χ3n) is 4.22. The number of aryl methyl sites for hydroxylation is 1. The van der Waals surface area contributed by atoms with Crippen molar-refractivity contribution in [2.75, 3.05) is 5.32 Å². The van der Waals surface area contributed by atoms with Gasteiger partial charge < -0.3 is 10.1 Å². The Bertz CT molecular complexity index is 738. The number of rotatable bonds is 4. The van der Waals surface area contributed by atoms with Gasteiger partial charge in [-0.1, -0.05) is 25.1 Å². The number of benzene rings is 1. The Morgan fingerprint density at radius 3 is 2.79 bits per heavy atom. The van der Waals surface area contributed by atoms with Gasteiger partial charge in [0.25, 0.3) is 5.91 Å². The molecule has 1 aromatic carbocycles. The number of esters is 1. The standard InChI is InChI=1S/C19H21NO3S/c1-12-8-9-16-14(10-12)11-17(24-16)19(22)23-13(2)18(21)20-15-6-4-3-5-7-15/h3-7,11-13H,8-10H2,1-2H3,(H,20,21)/t12-,13+/m0/s1. The molecule has 1 amide bonds. The van der Waals surface area contributed by atoms with Gasteiger partial charge in [0.2, 0.25) is 0 Å². The molecule has 0 radical (unpaired) electrons. The highest BCUT2D eigenvalue weighted by Crippen LogP contribution is 2.32. The van der Waals surface area contributed by atoms with Gasteiger partial charge in [-0.25, -0.2) is 4.79 Å². The Balaban J connectivity index is 1.61. The van der Waals surface area contributed by atoms with Crippen molar-refractivity contribution in [3.05, 3.63) is 51.7 Å². The molecule has 1 aromatic heterocycles. The minimum absolute atomic E-state index is 0.329. The van der Waals surface area contributed by atoms with E-state index < -0.39 is 12.1 Å². The molecule has 0 spiro atoms. The highest BCUT2D eigenvalue weighted by molar-refractivity contribution is 7.14. The van der Waals surface area contributed by atoms with Crippen molar-refractivity contribution in [3.8, 4) is 0 Å². The number of ether oxygens (including phenoxy) is 1. The van der Waals surface area contributed by atoms with Gasteiger partial charge in [-0.3, -0.25) is 4.79 Å². The van der Waals surface area contributed by atoms with Gasteiger partial charge >= 0.3 is 5.97 Å². The summed E-state index contributed by atoms with van der Waals surface area (Å²) in [6.45, 7) is 3.82. The van der Waals surface area contributed by atoms with E-state index in [1.165, 1.54) is 21.8 Å². The summed E-state index contributed by atoms with van der Waals surface area (Å²) < 4.78 is 5.33. The van der Waals surface area contributed by atoms with Crippen molar-refractivity contribution in [2.24, 2.45) is 5.92 Å². The van der Waals surface area contributed by atoms with Crippen molar-refractivity contribution in [3.63, 3.8) is 0 Å². The minimum atomic E-state index is -0.837. The Kier molecular flexibility index (Phi) is 5.00. The Morgan fingerprint density at radius 1 is 1.29 bits per heavy atom. The van der Waals surface area contributed by atoms with Gasteiger partial charge in [0.15, 0.2) is 6.10 Å². The van der Waals surface area contributed by atoms with E-state index in [0.717, 1.165) is 19.3 Å². The molecule has 1 heterocycles. The number of fused-ring (bicyclic) bond motifs is 1. The molecule has 5 heteroatoms. The van der Waals surface area contributed by atoms with E-state index in [1.807, 2.05) is 24.3 Å². The number of amides is 1. The maximum Gasteiger partial charge on any atom is 0.349 e. The normalized spacial score (nSPS) is 17.7. The van der Waals surface area contributed by atoms with Crippen LogP contribution in [0.5, 0.6) is 0 Å². The number of hydrogen-bond donors (Lipinski definition) is 1. The number of para-hydroxylation sites is 1. The smallest absolute Gasteiger partial charge is 0.349 e. The second-order valence-corrected chi connectivity index (χ2v) is 7.45. The zero-order valence-electron chi connectivity index (χ0n) is 13.9. The third kappa shape index (κ3) is 3.85. The van der Waals surface area contributed by atoms with Crippen LogP contribution in [0, 0.1) is 5.92 Å². The van der Waals surface area contributed by atoms with Crippen LogP contribution in [-0.4, -0.2) is 18.0 Å². The first-order valence-corrected chi connectivity index (χ1v) is 9.03. The van der Waals surface area contributed by atoms with Crippen LogP contribution in [-0.2, 0) is 22.4 Å². The summed E-state index contributed by atoms with van der Waals surface area (Å²) in [7, 11) is 0. The van der Waals surface area contributed by atoms with Crippen molar-refractivity contribution in [2.45, 2.75) is 39.2 Å². The van der Waals surface area contributed by atoms with Crippen LogP contribution in [0.4, 0.5) is 5.69 Å². The van der Waals surface area contributed by atoms with Gasteiger partial charge in [0.05, 0.1) is 0 Å². The summed E-state index contributed by atoms with van der Waals surface area (Å²) in [6, 6.07) is 11.1. The van der Waals surface area contributed by atoms with Crippen LogP contribution in [0.1, 0.15) is 40.4 Å². The summed E-state index contributed by atoms with van der Waals surface area (Å²) >= 11 is 1.50. The molecule has 126 valence electrons. The van der Waals surface area contributed by atoms with Gasteiger partial charge in [-0.05, 0) is 55.9 Å². The molecule has 1 N–H and O–H groups in total. The molecular formula is C19H21NO3S. The van der Waals surface area contributed by atoms with E-state index in [4.69, 9.17) is 4.74 Å². The maximum atomic E-state index is 12.3. The number of carbonyl (C=O) groups excluding carboxylic acids is 2. The number of thiophene rings is 1. The SMILES string of the molecule is C[C@H]1CCc2sc(C(=O)O[C@H](C)C(=O)Nc3ccccc3)cc2C1. The van der Waals surface area contributed by atoms with Gasteiger partial charge in [0, 0.05) is 10.6 Å². The topological polar surface area (TPSA) is 55.4 Å². The lowest BCUT2D eigenvalue weighted by molar-refractivity contribution is -0.123. The van der Waals surface area contributed by atoms with Crippen LogP contribution in [0.2, 0.25) is 0 Å². The molecule has 0 fully saturated rings. The van der Waals surface area contributed by atoms with Crippen LogP contribution in [0.3, 0.4) is 0 Å². The van der Waals surface area contributed by atoms with Gasteiger partial charge in [-0.15, -0.1) is 11.3 Å². The van der Waals surface area contributed by atoms with E-state index in [9.17, 15) is 9.59 Å². The first-order valence-electron chi connectivity index (χ1n) is 8.21. The molecule has 3 rings (SSSR count). The summed E-state index contributed by atoms with van der Waals surface area (Å²) in [6.07, 6.45) is 2.37. The summed E-state index contributed by atoms with van der Waals surface area (Å²) in [5.41, 5.74) is 1.94. The molecule has 24 heavy (non-hydrogen) atoms. The molecule has 0 unspecified atom stereocenters. The molecule has 0 saturated heterocycles. The van der Waals surface area contributed by atoms with E-state index in [1.54, 1.807) is 19.1 Å². The quantitative estimate of drug-likeness (QED) is 0.852. The second-order valence-electron chi connectivity index (χ2n) is 6.31. The molecule has 0 bridgehead atoms. The highest BCUT2D eigenvalue weighted by Gasteiger charge is 2.24. The van der Waals surface area contributed by atoms with Crippen molar-refractivity contribution in [1.82, 2.24) is 0 Å². The molecular weight excluding hydrogens is 322 g/mol. The lowest BCUT2D eigenvalue weighted by Gasteiger charge is -2.16. The predicted octanol–water partition coefficient (Wildman–Crippen LogP) is 4.06. The van der Waals surface area contributed by atoms with E-state index in [0.29, 0.717) is 16.5 Å². The Morgan fingerprint density at radius 2 is 2.04 bits per heavy atom. The van der Waals surface area contributed by atoms with E-state index in [-0.39, 0.29) is 5.91 Å². The van der Waals surface area contributed by atoms with Crippen LogP contribution >= 0.6 is 11.3 Å². The van der Waals surface area contributed by atoms with Crippen molar-refractivity contribution >= 4 is 28.9 Å². The second kappa shape index (κ2) is 7.18. The molecule has 2 atom stereocenters. The predicted molar refractivity (Wildman–Crippen MR) is 95.5 cm³/mol. The van der Waals surface area contributed by atoms with E-state index in [2.05, 4.69) is 12.2 Å². The largest absolute Gasteiger partial charge is 0.448 e. The van der Waals surface area contributed by atoms with Crippen LogP contribution in [0.15, 0.2) is 36.4 Å². The van der Waals surface area contributed by atoms with Crippen LogP contribution in [0.25, 0.3) is 0 Å². The fourth-order valence-corrected chi connectivity index (χ4v) is 3.94. The van der Waals surface area contributed by atoms with Crippen molar-refractivity contribution < 1.29 is 14.3 Å². The minimum Gasteiger partial charge on any atom is -0.448 e. The fraction of sp³-hybridized carbons (Fsp3) is 0.368. The zero-order valence-corrected chi connectivity index (χ0v) is 14.7. The average Bonchev–Trinajstić information content (AvgIpc) is 2.99. The summed E-state index contributed by atoms with van der Waals surface area (Å²) in [5.74, 6) is -0.0891. The lowest BCUT2D eigenvalue weighted by Crippen LogP contribution is -2.29. The summed E-state index contributed by atoms with van der Waals surface area (Å²) in [5, 5.41) is 2.74. The monoisotopic (exact) mass is 343 g/mol. The number of hydrogen-bond acceptors (Lipinski definition) is 4. The maximum absolute atomic E-state index is 12.3. The molecule has 4 nitrogen and oxygen atoms in total. The average molecular weight is 343 g/mol. The Labute approximate surface area is 145 Å².